The number of imide groups is 1. The monoisotopic (exact) mass is 399 g/mol. The SMILES string of the molecule is CC(Br)c1ccc(N(C(=O)OC(C)(C)C)C(=O)OC(C)(C)C)cc1. The molecule has 0 saturated heterocycles. The second-order valence-electron chi connectivity index (χ2n) is 7.50. The molecule has 5 nitrogen and oxygen atoms in total. The highest BCUT2D eigenvalue weighted by molar-refractivity contribution is 9.09. The second-order valence-corrected chi connectivity index (χ2v) is 8.88. The van der Waals surface area contributed by atoms with Crippen LogP contribution in [-0.2, 0) is 9.47 Å². The van der Waals surface area contributed by atoms with E-state index in [1.54, 1.807) is 53.7 Å². The van der Waals surface area contributed by atoms with Gasteiger partial charge in [-0.05, 0) is 66.2 Å². The van der Waals surface area contributed by atoms with Crippen LogP contribution in [0.25, 0.3) is 0 Å². The van der Waals surface area contributed by atoms with Crippen molar-refractivity contribution in [3.05, 3.63) is 29.8 Å². The van der Waals surface area contributed by atoms with E-state index in [1.807, 2.05) is 19.1 Å². The van der Waals surface area contributed by atoms with E-state index >= 15 is 0 Å². The Morgan fingerprint density at radius 2 is 1.29 bits per heavy atom. The van der Waals surface area contributed by atoms with E-state index in [2.05, 4.69) is 15.9 Å². The Morgan fingerprint density at radius 1 is 0.917 bits per heavy atom. The summed E-state index contributed by atoms with van der Waals surface area (Å²) in [4.78, 5) is 26.1. The highest BCUT2D eigenvalue weighted by atomic mass is 79.9. The van der Waals surface area contributed by atoms with E-state index < -0.39 is 23.4 Å². The van der Waals surface area contributed by atoms with E-state index in [1.165, 1.54) is 0 Å². The molecule has 0 heterocycles. The lowest BCUT2D eigenvalue weighted by Gasteiger charge is -2.28. The first kappa shape index (κ1) is 20.5. The van der Waals surface area contributed by atoms with E-state index in [0.29, 0.717) is 5.69 Å². The van der Waals surface area contributed by atoms with E-state index in [-0.39, 0.29) is 4.83 Å². The van der Waals surface area contributed by atoms with Crippen molar-refractivity contribution in [2.75, 3.05) is 4.90 Å². The van der Waals surface area contributed by atoms with Gasteiger partial charge in [-0.25, -0.2) is 9.59 Å². The Labute approximate surface area is 152 Å². The molecule has 6 heteroatoms. The quantitative estimate of drug-likeness (QED) is 0.587. The molecule has 0 aliphatic heterocycles. The summed E-state index contributed by atoms with van der Waals surface area (Å²) in [5, 5.41) is 0. The standard InChI is InChI=1S/C18H26BrNO4/c1-12(19)13-8-10-14(11-9-13)20(15(21)23-17(2,3)4)16(22)24-18(5,6)7/h8-12H,1-7H3. The van der Waals surface area contributed by atoms with Gasteiger partial charge < -0.3 is 9.47 Å². The zero-order chi connectivity index (χ0) is 18.7. The van der Waals surface area contributed by atoms with Gasteiger partial charge >= 0.3 is 12.2 Å². The summed E-state index contributed by atoms with van der Waals surface area (Å²) in [6.45, 7) is 12.5. The fourth-order valence-corrected chi connectivity index (χ4v) is 2.09. The molecule has 0 aromatic heterocycles. The van der Waals surface area contributed by atoms with Crippen LogP contribution in [0.2, 0.25) is 0 Å². The molecule has 0 bridgehead atoms. The number of ether oxygens (including phenoxy) is 2. The number of nitrogens with zero attached hydrogens (tertiary/aromatic N) is 1. The van der Waals surface area contributed by atoms with Gasteiger partial charge in [-0.15, -0.1) is 0 Å². The minimum Gasteiger partial charge on any atom is -0.443 e. The molecule has 0 saturated carbocycles. The van der Waals surface area contributed by atoms with E-state index in [4.69, 9.17) is 9.47 Å². The number of benzene rings is 1. The highest BCUT2D eigenvalue weighted by Crippen LogP contribution is 2.26. The maximum atomic E-state index is 12.5. The number of carbonyl (C=O) groups is 2. The van der Waals surface area contributed by atoms with Gasteiger partial charge in [0.2, 0.25) is 0 Å². The first-order valence-electron chi connectivity index (χ1n) is 7.80. The first-order valence-corrected chi connectivity index (χ1v) is 8.72. The molecule has 0 radical (unpaired) electrons. The summed E-state index contributed by atoms with van der Waals surface area (Å²) in [6, 6.07) is 7.08. The lowest BCUT2D eigenvalue weighted by molar-refractivity contribution is 0.0431. The van der Waals surface area contributed by atoms with Crippen LogP contribution in [0, 0.1) is 0 Å². The lowest BCUT2D eigenvalue weighted by atomic mass is 10.1. The zero-order valence-electron chi connectivity index (χ0n) is 15.3. The third-order valence-corrected chi connectivity index (χ3v) is 3.29. The number of hydrogen-bond acceptors (Lipinski definition) is 4. The largest absolute Gasteiger partial charge is 0.443 e. The summed E-state index contributed by atoms with van der Waals surface area (Å²) in [6.07, 6.45) is -1.53. The average molecular weight is 400 g/mol. The molecule has 1 aromatic rings. The molecule has 1 unspecified atom stereocenters. The van der Waals surface area contributed by atoms with Crippen molar-refractivity contribution >= 4 is 33.8 Å². The molecule has 134 valence electrons. The van der Waals surface area contributed by atoms with Crippen molar-refractivity contribution < 1.29 is 19.1 Å². The number of alkyl halides is 1. The third-order valence-electron chi connectivity index (χ3n) is 2.76. The number of carbonyl (C=O) groups excluding carboxylic acids is 2. The molecule has 0 spiro atoms. The van der Waals surface area contributed by atoms with Crippen molar-refractivity contribution in [3.63, 3.8) is 0 Å². The van der Waals surface area contributed by atoms with Crippen LogP contribution in [-0.4, -0.2) is 23.4 Å². The molecule has 0 fully saturated rings. The van der Waals surface area contributed by atoms with Crippen LogP contribution in [0.4, 0.5) is 15.3 Å². The van der Waals surface area contributed by atoms with Crippen LogP contribution in [0.1, 0.15) is 58.9 Å². The van der Waals surface area contributed by atoms with Gasteiger partial charge in [0.15, 0.2) is 0 Å². The second kappa shape index (κ2) is 7.55. The molecule has 0 N–H and O–H groups in total. The van der Waals surface area contributed by atoms with Crippen molar-refractivity contribution in [2.45, 2.75) is 64.5 Å². The molecular formula is C18H26BrNO4. The predicted octanol–water partition coefficient (Wildman–Crippen LogP) is 5.82. The van der Waals surface area contributed by atoms with Crippen LogP contribution >= 0.6 is 15.9 Å². The smallest absolute Gasteiger partial charge is 0.424 e. The van der Waals surface area contributed by atoms with Gasteiger partial charge in [-0.3, -0.25) is 0 Å². The van der Waals surface area contributed by atoms with Gasteiger partial charge in [0.05, 0.1) is 5.69 Å². The Balaban J connectivity index is 3.17. The van der Waals surface area contributed by atoms with E-state index in [0.717, 1.165) is 10.5 Å². The maximum Gasteiger partial charge on any atom is 0.424 e. The molecule has 1 aromatic carbocycles. The van der Waals surface area contributed by atoms with Gasteiger partial charge in [0, 0.05) is 4.83 Å². The van der Waals surface area contributed by atoms with Crippen LogP contribution in [0.15, 0.2) is 24.3 Å². The lowest BCUT2D eigenvalue weighted by Crippen LogP contribution is -2.43. The zero-order valence-corrected chi connectivity index (χ0v) is 16.9. The van der Waals surface area contributed by atoms with Crippen molar-refractivity contribution in [3.8, 4) is 0 Å². The number of rotatable bonds is 2. The summed E-state index contributed by atoms with van der Waals surface area (Å²) in [5.74, 6) is 0. The molecule has 1 atom stereocenters. The van der Waals surface area contributed by atoms with Gasteiger partial charge in [0.1, 0.15) is 11.2 Å². The minimum absolute atomic E-state index is 0.169. The average Bonchev–Trinajstić information content (AvgIpc) is 2.34. The van der Waals surface area contributed by atoms with Crippen molar-refractivity contribution in [2.24, 2.45) is 0 Å². The number of amides is 2. The summed E-state index contributed by atoms with van der Waals surface area (Å²) >= 11 is 3.48. The fraction of sp³-hybridized carbons (Fsp3) is 0.556. The van der Waals surface area contributed by atoms with E-state index in [9.17, 15) is 9.59 Å². The molecular weight excluding hydrogens is 374 g/mol. The number of hydrogen-bond donors (Lipinski definition) is 0. The molecule has 0 aliphatic carbocycles. The Bertz CT molecular complexity index is 555. The molecule has 0 aliphatic rings. The Kier molecular flexibility index (Phi) is 6.45. The molecule has 24 heavy (non-hydrogen) atoms. The first-order chi connectivity index (χ1) is 10.8. The highest BCUT2D eigenvalue weighted by Gasteiger charge is 2.32. The Morgan fingerprint density at radius 3 is 1.58 bits per heavy atom. The topological polar surface area (TPSA) is 55.8 Å². The van der Waals surface area contributed by atoms with Crippen molar-refractivity contribution in [1.29, 1.82) is 0 Å². The van der Waals surface area contributed by atoms with Crippen LogP contribution < -0.4 is 4.90 Å². The number of halogens is 1. The fourth-order valence-electron chi connectivity index (χ4n) is 1.79. The van der Waals surface area contributed by atoms with Gasteiger partial charge in [-0.2, -0.15) is 4.90 Å². The van der Waals surface area contributed by atoms with Crippen LogP contribution in [0.5, 0.6) is 0 Å². The number of anilines is 1. The summed E-state index contributed by atoms with van der Waals surface area (Å²) in [7, 11) is 0. The Hall–Kier alpha value is -1.56. The van der Waals surface area contributed by atoms with Gasteiger partial charge in [0.25, 0.3) is 0 Å². The maximum absolute atomic E-state index is 12.5. The third kappa shape index (κ3) is 6.51. The van der Waals surface area contributed by atoms with Crippen molar-refractivity contribution in [1.82, 2.24) is 0 Å². The summed E-state index contributed by atoms with van der Waals surface area (Å²) < 4.78 is 10.7. The van der Waals surface area contributed by atoms with Gasteiger partial charge in [-0.1, -0.05) is 28.1 Å². The predicted molar refractivity (Wildman–Crippen MR) is 98.7 cm³/mol. The summed E-state index contributed by atoms with van der Waals surface area (Å²) in [5.41, 5.74) is -0.00830. The molecule has 2 amide bonds. The van der Waals surface area contributed by atoms with Crippen LogP contribution in [0.3, 0.4) is 0 Å². The minimum atomic E-state index is -0.767. The normalized spacial score (nSPS) is 13.2. The molecule has 1 rings (SSSR count).